The zero-order valence-electron chi connectivity index (χ0n) is 10.4. The van der Waals surface area contributed by atoms with Gasteiger partial charge in [0.2, 0.25) is 5.91 Å². The van der Waals surface area contributed by atoms with Gasteiger partial charge in [0.15, 0.2) is 0 Å². The highest BCUT2D eigenvalue weighted by molar-refractivity contribution is 5.85. The molecule has 0 aliphatic carbocycles. The van der Waals surface area contributed by atoms with Crippen LogP contribution in [-0.4, -0.2) is 39.4 Å². The van der Waals surface area contributed by atoms with Crippen LogP contribution in [0.1, 0.15) is 24.2 Å². The number of likely N-dealkylation sites (tertiary alicyclic amines) is 1. The first-order valence-corrected chi connectivity index (χ1v) is 6.24. The number of amides is 1. The molecule has 7 heteroatoms. The number of carbonyl (C=O) groups excluding carboxylic acids is 1. The molecule has 2 aliphatic heterocycles. The summed E-state index contributed by atoms with van der Waals surface area (Å²) in [7, 11) is 0. The molecule has 1 amide bonds. The third-order valence-electron chi connectivity index (χ3n) is 3.71. The molecular formula is C12H16ClN5O. The minimum absolute atomic E-state index is 0. The summed E-state index contributed by atoms with van der Waals surface area (Å²) < 4.78 is 0. The summed E-state index contributed by atoms with van der Waals surface area (Å²) in [6.45, 7) is 1.33. The number of nitrogens with one attached hydrogen (secondary N) is 2. The van der Waals surface area contributed by atoms with E-state index in [1.54, 1.807) is 11.2 Å². The number of carbonyl (C=O) groups is 1. The molecule has 0 radical (unpaired) electrons. The molecule has 2 atom stereocenters. The number of H-pyrrole nitrogens is 1. The molecule has 19 heavy (non-hydrogen) atoms. The maximum atomic E-state index is 12.4. The van der Waals surface area contributed by atoms with Gasteiger partial charge in [0.25, 0.3) is 0 Å². The fourth-order valence-electron chi connectivity index (χ4n) is 2.71. The Hall–Kier alpha value is -1.58. The van der Waals surface area contributed by atoms with Crippen LogP contribution in [0.25, 0.3) is 0 Å². The summed E-state index contributed by atoms with van der Waals surface area (Å²) in [5.74, 6) is 0.0349. The first-order chi connectivity index (χ1) is 8.79. The first kappa shape index (κ1) is 13.8. The molecule has 3 rings (SSSR count). The Labute approximate surface area is 117 Å². The van der Waals surface area contributed by atoms with Crippen LogP contribution in [0, 0.1) is 11.3 Å². The number of rotatable bonds is 1. The van der Waals surface area contributed by atoms with Gasteiger partial charge < -0.3 is 9.88 Å². The second-order valence-electron chi connectivity index (χ2n) is 4.78. The third-order valence-corrected chi connectivity index (χ3v) is 3.71. The van der Waals surface area contributed by atoms with Crippen molar-refractivity contribution < 1.29 is 4.79 Å². The molecule has 3 heterocycles. The molecule has 0 aromatic carbocycles. The zero-order valence-corrected chi connectivity index (χ0v) is 11.2. The van der Waals surface area contributed by atoms with Crippen LogP contribution in [0.4, 0.5) is 0 Å². The minimum Gasteiger partial charge on any atom is -0.347 e. The van der Waals surface area contributed by atoms with Gasteiger partial charge in [-0.25, -0.2) is 4.98 Å². The van der Waals surface area contributed by atoms with Gasteiger partial charge in [-0.1, -0.05) is 0 Å². The Balaban J connectivity index is 0.00000133. The van der Waals surface area contributed by atoms with E-state index in [0.717, 1.165) is 24.2 Å². The van der Waals surface area contributed by atoms with E-state index in [0.29, 0.717) is 19.5 Å². The van der Waals surface area contributed by atoms with Gasteiger partial charge in [0, 0.05) is 19.5 Å². The minimum atomic E-state index is -0.250. The monoisotopic (exact) mass is 281 g/mol. The molecule has 2 aliphatic rings. The van der Waals surface area contributed by atoms with Crippen molar-refractivity contribution in [1.29, 1.82) is 5.26 Å². The smallest absolute Gasteiger partial charge is 0.241 e. The summed E-state index contributed by atoms with van der Waals surface area (Å²) >= 11 is 0. The highest BCUT2D eigenvalue weighted by Crippen LogP contribution is 2.20. The normalized spacial score (nSPS) is 25.3. The molecule has 6 nitrogen and oxygen atoms in total. The molecular weight excluding hydrogens is 266 g/mol. The number of nitriles is 1. The maximum absolute atomic E-state index is 12.4. The van der Waals surface area contributed by atoms with Crippen molar-refractivity contribution in [2.45, 2.75) is 37.9 Å². The van der Waals surface area contributed by atoms with Crippen LogP contribution in [0.3, 0.4) is 0 Å². The molecule has 2 N–H and O–H groups in total. The molecule has 1 fully saturated rings. The van der Waals surface area contributed by atoms with Gasteiger partial charge in [-0.15, -0.1) is 12.4 Å². The Morgan fingerprint density at radius 2 is 2.42 bits per heavy atom. The van der Waals surface area contributed by atoms with Gasteiger partial charge in [-0.05, 0) is 12.8 Å². The van der Waals surface area contributed by atoms with Crippen molar-refractivity contribution >= 4 is 18.3 Å². The lowest BCUT2D eigenvalue weighted by Gasteiger charge is -2.28. The number of aromatic nitrogens is 2. The van der Waals surface area contributed by atoms with Crippen molar-refractivity contribution in [1.82, 2.24) is 20.2 Å². The van der Waals surface area contributed by atoms with Crippen LogP contribution in [0.15, 0.2) is 6.33 Å². The summed E-state index contributed by atoms with van der Waals surface area (Å²) in [6.07, 6.45) is 3.98. The number of fused-ring (bicyclic) bond motifs is 1. The third kappa shape index (κ3) is 2.44. The Morgan fingerprint density at radius 1 is 1.58 bits per heavy atom. The number of hydrogen-bond donors (Lipinski definition) is 2. The lowest BCUT2D eigenvalue weighted by Crippen LogP contribution is -2.50. The highest BCUT2D eigenvalue weighted by Gasteiger charge is 2.35. The zero-order chi connectivity index (χ0) is 12.5. The molecule has 102 valence electrons. The lowest BCUT2D eigenvalue weighted by atomic mass is 10.0. The van der Waals surface area contributed by atoms with E-state index in [2.05, 4.69) is 21.4 Å². The topological polar surface area (TPSA) is 84.8 Å². The van der Waals surface area contributed by atoms with E-state index in [-0.39, 0.29) is 30.4 Å². The highest BCUT2D eigenvalue weighted by atomic mass is 35.5. The molecule has 1 aromatic heterocycles. The van der Waals surface area contributed by atoms with Crippen LogP contribution < -0.4 is 5.32 Å². The number of halogens is 1. The van der Waals surface area contributed by atoms with Gasteiger partial charge in [0.1, 0.15) is 6.04 Å². The van der Waals surface area contributed by atoms with E-state index in [1.807, 2.05) is 0 Å². The average molecular weight is 282 g/mol. The van der Waals surface area contributed by atoms with Crippen LogP contribution >= 0.6 is 12.4 Å². The van der Waals surface area contributed by atoms with E-state index in [9.17, 15) is 4.79 Å². The first-order valence-electron chi connectivity index (χ1n) is 6.24. The summed E-state index contributed by atoms with van der Waals surface area (Å²) in [6, 6.07) is 1.71. The van der Waals surface area contributed by atoms with Crippen LogP contribution in [0.5, 0.6) is 0 Å². The van der Waals surface area contributed by atoms with Gasteiger partial charge in [-0.2, -0.15) is 5.26 Å². The quantitative estimate of drug-likeness (QED) is 0.778. The summed E-state index contributed by atoms with van der Waals surface area (Å²) in [4.78, 5) is 21.4. The largest absolute Gasteiger partial charge is 0.347 e. The molecule has 0 spiro atoms. The van der Waals surface area contributed by atoms with Crippen molar-refractivity contribution in [2.24, 2.45) is 0 Å². The van der Waals surface area contributed by atoms with Crippen molar-refractivity contribution in [2.75, 3.05) is 6.54 Å². The average Bonchev–Trinajstić information content (AvgIpc) is 3.05. The van der Waals surface area contributed by atoms with Crippen molar-refractivity contribution in [3.8, 4) is 6.07 Å². The molecule has 0 bridgehead atoms. The van der Waals surface area contributed by atoms with Gasteiger partial charge in [-0.3, -0.25) is 10.1 Å². The fraction of sp³-hybridized carbons (Fsp3) is 0.583. The molecule has 1 aromatic rings. The van der Waals surface area contributed by atoms with E-state index < -0.39 is 0 Å². The van der Waals surface area contributed by atoms with Gasteiger partial charge in [0.05, 0.1) is 29.8 Å². The van der Waals surface area contributed by atoms with E-state index in [1.165, 1.54) is 0 Å². The Bertz CT molecular complexity index is 508. The standard InChI is InChI=1S/C12H15N5O.ClH/c13-5-8-2-1-3-17(8)12(18)10-4-9-11(6-14-10)16-7-15-9;/h7-8,10,14H,1-4,6H2,(H,15,16);1H/t8-,10-;/m0./s1. The fourth-order valence-corrected chi connectivity index (χ4v) is 2.71. The Kier molecular flexibility index (Phi) is 4.08. The maximum Gasteiger partial charge on any atom is 0.241 e. The number of hydrogen-bond acceptors (Lipinski definition) is 4. The van der Waals surface area contributed by atoms with E-state index >= 15 is 0 Å². The number of imidazole rings is 1. The van der Waals surface area contributed by atoms with Crippen molar-refractivity contribution in [3.63, 3.8) is 0 Å². The summed E-state index contributed by atoms with van der Waals surface area (Å²) in [5, 5.41) is 12.2. The van der Waals surface area contributed by atoms with Gasteiger partial charge >= 0.3 is 0 Å². The van der Waals surface area contributed by atoms with Crippen LogP contribution in [-0.2, 0) is 17.8 Å². The predicted octanol–water partition coefficient (Wildman–Crippen LogP) is 0.360. The second-order valence-corrected chi connectivity index (χ2v) is 4.78. The number of aromatic amines is 1. The van der Waals surface area contributed by atoms with Crippen molar-refractivity contribution in [3.05, 3.63) is 17.7 Å². The molecule has 0 saturated carbocycles. The predicted molar refractivity (Wildman–Crippen MR) is 70.5 cm³/mol. The van der Waals surface area contributed by atoms with Crippen LogP contribution in [0.2, 0.25) is 0 Å². The summed E-state index contributed by atoms with van der Waals surface area (Å²) in [5.41, 5.74) is 2.01. The lowest BCUT2D eigenvalue weighted by molar-refractivity contribution is -0.133. The SMILES string of the molecule is Cl.N#C[C@@H]1CCCN1C(=O)[C@@H]1Cc2nc[nH]c2CN1. The molecule has 0 unspecified atom stereocenters. The molecule has 1 saturated heterocycles. The Morgan fingerprint density at radius 3 is 3.21 bits per heavy atom. The number of nitrogens with zero attached hydrogens (tertiary/aromatic N) is 3. The second kappa shape index (κ2) is 5.59. The van der Waals surface area contributed by atoms with E-state index in [4.69, 9.17) is 5.26 Å².